The molecular formula is C21H25NO2S. The molecule has 0 aromatic heterocycles. The summed E-state index contributed by atoms with van der Waals surface area (Å²) in [5.74, 6) is 0.456. The van der Waals surface area contributed by atoms with Crippen molar-refractivity contribution < 1.29 is 8.42 Å². The standard InChI is InChI=1S/C21H25NO2S/c1-3-15-22(21(2)14-16-25(23,24)17-21)20(18-10-6-4-7-11-18)19-12-8-5-9-13-19/h3-13,20H,1,14-17H2,2H3/t21-/m0/s1. The lowest BCUT2D eigenvalue weighted by molar-refractivity contribution is 0.106. The largest absolute Gasteiger partial charge is 0.282 e. The van der Waals surface area contributed by atoms with Crippen LogP contribution in [0.15, 0.2) is 73.3 Å². The van der Waals surface area contributed by atoms with Gasteiger partial charge in [0, 0.05) is 12.1 Å². The normalized spacial score (nSPS) is 22.4. The van der Waals surface area contributed by atoms with Crippen molar-refractivity contribution in [2.24, 2.45) is 0 Å². The first-order valence-electron chi connectivity index (χ1n) is 8.63. The lowest BCUT2D eigenvalue weighted by Crippen LogP contribution is -2.49. The van der Waals surface area contributed by atoms with E-state index in [-0.39, 0.29) is 17.5 Å². The van der Waals surface area contributed by atoms with Crippen LogP contribution >= 0.6 is 0 Å². The van der Waals surface area contributed by atoms with E-state index in [1.165, 1.54) is 11.1 Å². The fourth-order valence-corrected chi connectivity index (χ4v) is 5.97. The van der Waals surface area contributed by atoms with Gasteiger partial charge in [0.1, 0.15) is 0 Å². The first kappa shape index (κ1) is 17.9. The summed E-state index contributed by atoms with van der Waals surface area (Å²) in [5.41, 5.74) is 1.94. The zero-order chi connectivity index (χ0) is 17.9. The molecule has 25 heavy (non-hydrogen) atoms. The van der Waals surface area contributed by atoms with E-state index in [1.54, 1.807) is 0 Å². The van der Waals surface area contributed by atoms with E-state index in [4.69, 9.17) is 0 Å². The minimum absolute atomic E-state index is 0.00120. The van der Waals surface area contributed by atoms with Crippen molar-refractivity contribution in [3.05, 3.63) is 84.4 Å². The maximum Gasteiger partial charge on any atom is 0.152 e. The van der Waals surface area contributed by atoms with E-state index in [0.717, 1.165) is 0 Å². The van der Waals surface area contributed by atoms with Gasteiger partial charge in [0.25, 0.3) is 0 Å². The predicted octanol–water partition coefficient (Wildman–Crippen LogP) is 3.84. The van der Waals surface area contributed by atoms with Crippen molar-refractivity contribution in [2.75, 3.05) is 18.1 Å². The number of nitrogens with zero attached hydrogens (tertiary/aromatic N) is 1. The summed E-state index contributed by atoms with van der Waals surface area (Å²) in [4.78, 5) is 2.30. The summed E-state index contributed by atoms with van der Waals surface area (Å²) >= 11 is 0. The van der Waals surface area contributed by atoms with Crippen LogP contribution in [0.25, 0.3) is 0 Å². The average Bonchev–Trinajstić information content (AvgIpc) is 2.91. The molecule has 0 N–H and O–H groups in total. The van der Waals surface area contributed by atoms with Gasteiger partial charge < -0.3 is 0 Å². The van der Waals surface area contributed by atoms with Gasteiger partial charge in [0.15, 0.2) is 9.84 Å². The van der Waals surface area contributed by atoms with E-state index in [0.29, 0.717) is 13.0 Å². The highest BCUT2D eigenvalue weighted by Crippen LogP contribution is 2.39. The van der Waals surface area contributed by atoms with Crippen LogP contribution in [-0.4, -0.2) is 36.9 Å². The summed E-state index contributed by atoms with van der Waals surface area (Å²) in [6.07, 6.45) is 2.52. The van der Waals surface area contributed by atoms with E-state index in [1.807, 2.05) is 42.5 Å². The summed E-state index contributed by atoms with van der Waals surface area (Å²) in [7, 11) is -2.99. The third kappa shape index (κ3) is 3.86. The number of hydrogen-bond acceptors (Lipinski definition) is 3. The molecule has 3 rings (SSSR count). The summed E-state index contributed by atoms with van der Waals surface area (Å²) < 4.78 is 24.4. The lowest BCUT2D eigenvalue weighted by Gasteiger charge is -2.43. The first-order chi connectivity index (χ1) is 12.0. The molecule has 0 bridgehead atoms. The topological polar surface area (TPSA) is 37.4 Å². The van der Waals surface area contributed by atoms with Crippen LogP contribution in [0.1, 0.15) is 30.5 Å². The number of benzene rings is 2. The molecule has 1 atom stereocenters. The molecular weight excluding hydrogens is 330 g/mol. The molecule has 1 saturated heterocycles. The van der Waals surface area contributed by atoms with Gasteiger partial charge in [-0.25, -0.2) is 8.42 Å². The van der Waals surface area contributed by atoms with Crippen molar-refractivity contribution in [1.29, 1.82) is 0 Å². The Hall–Kier alpha value is -1.91. The second kappa shape index (κ2) is 7.14. The van der Waals surface area contributed by atoms with Crippen LogP contribution in [0.3, 0.4) is 0 Å². The molecule has 0 aliphatic carbocycles. The van der Waals surface area contributed by atoms with E-state index >= 15 is 0 Å². The van der Waals surface area contributed by atoms with Gasteiger partial charge in [0.2, 0.25) is 0 Å². The predicted molar refractivity (Wildman–Crippen MR) is 103 cm³/mol. The maximum absolute atomic E-state index is 12.2. The molecule has 0 spiro atoms. The Labute approximate surface area is 150 Å². The van der Waals surface area contributed by atoms with Gasteiger partial charge in [0.05, 0.1) is 17.5 Å². The van der Waals surface area contributed by atoms with Crippen LogP contribution in [0.5, 0.6) is 0 Å². The van der Waals surface area contributed by atoms with E-state index in [9.17, 15) is 8.42 Å². The van der Waals surface area contributed by atoms with Crippen molar-refractivity contribution in [1.82, 2.24) is 4.90 Å². The minimum atomic E-state index is -2.99. The van der Waals surface area contributed by atoms with Gasteiger partial charge in [-0.2, -0.15) is 0 Å². The second-order valence-corrected chi connectivity index (χ2v) is 9.19. The number of sulfone groups is 1. The van der Waals surface area contributed by atoms with Crippen LogP contribution in [0, 0.1) is 0 Å². The molecule has 0 unspecified atom stereocenters. The van der Waals surface area contributed by atoms with Crippen molar-refractivity contribution in [3.63, 3.8) is 0 Å². The molecule has 132 valence electrons. The molecule has 1 heterocycles. The molecule has 1 aliphatic heterocycles. The smallest absolute Gasteiger partial charge is 0.152 e. The highest BCUT2D eigenvalue weighted by atomic mass is 32.2. The molecule has 0 amide bonds. The van der Waals surface area contributed by atoms with Gasteiger partial charge in [-0.05, 0) is 24.5 Å². The highest BCUT2D eigenvalue weighted by Gasteiger charge is 2.45. The Balaban J connectivity index is 2.10. The molecule has 4 heteroatoms. The van der Waals surface area contributed by atoms with Gasteiger partial charge in [-0.15, -0.1) is 6.58 Å². The number of hydrogen-bond donors (Lipinski definition) is 0. The first-order valence-corrected chi connectivity index (χ1v) is 10.5. The summed E-state index contributed by atoms with van der Waals surface area (Å²) in [6.45, 7) is 6.63. The molecule has 0 radical (unpaired) electrons. The lowest BCUT2D eigenvalue weighted by atomic mass is 9.90. The zero-order valence-electron chi connectivity index (χ0n) is 14.6. The Morgan fingerprint density at radius 1 is 1.08 bits per heavy atom. The molecule has 3 nitrogen and oxygen atoms in total. The Morgan fingerprint density at radius 3 is 2.00 bits per heavy atom. The Bertz CT molecular complexity index is 778. The monoisotopic (exact) mass is 355 g/mol. The zero-order valence-corrected chi connectivity index (χ0v) is 15.5. The van der Waals surface area contributed by atoms with Gasteiger partial charge in [-0.3, -0.25) is 4.90 Å². The quantitative estimate of drug-likeness (QED) is 0.739. The summed E-state index contributed by atoms with van der Waals surface area (Å²) in [5, 5.41) is 0. The third-order valence-corrected chi connectivity index (χ3v) is 6.93. The van der Waals surface area contributed by atoms with E-state index < -0.39 is 15.4 Å². The summed E-state index contributed by atoms with van der Waals surface area (Å²) in [6, 6.07) is 20.6. The molecule has 0 saturated carbocycles. The SMILES string of the molecule is C=CCN(C(c1ccccc1)c1ccccc1)[C@@]1(C)CCS(=O)(=O)C1. The Kier molecular flexibility index (Phi) is 5.11. The van der Waals surface area contributed by atoms with Crippen molar-refractivity contribution in [3.8, 4) is 0 Å². The molecule has 1 aliphatic rings. The van der Waals surface area contributed by atoms with Gasteiger partial charge in [-0.1, -0.05) is 66.7 Å². The third-order valence-electron chi connectivity index (χ3n) is 5.04. The Morgan fingerprint density at radius 2 is 1.60 bits per heavy atom. The van der Waals surface area contributed by atoms with Crippen molar-refractivity contribution in [2.45, 2.75) is 24.9 Å². The fraction of sp³-hybridized carbons (Fsp3) is 0.333. The second-order valence-electron chi connectivity index (χ2n) is 7.00. The molecule has 2 aromatic rings. The van der Waals surface area contributed by atoms with Crippen LogP contribution in [-0.2, 0) is 9.84 Å². The van der Waals surface area contributed by atoms with Crippen LogP contribution in [0.2, 0.25) is 0 Å². The maximum atomic E-state index is 12.2. The fourth-order valence-electron chi connectivity index (χ4n) is 3.82. The molecule has 1 fully saturated rings. The van der Waals surface area contributed by atoms with Crippen LogP contribution < -0.4 is 0 Å². The van der Waals surface area contributed by atoms with E-state index in [2.05, 4.69) is 42.7 Å². The van der Waals surface area contributed by atoms with Crippen molar-refractivity contribution >= 4 is 9.84 Å². The average molecular weight is 356 g/mol. The minimum Gasteiger partial charge on any atom is -0.282 e. The van der Waals surface area contributed by atoms with Crippen LogP contribution in [0.4, 0.5) is 0 Å². The van der Waals surface area contributed by atoms with Gasteiger partial charge >= 0.3 is 0 Å². The molecule has 2 aromatic carbocycles. The highest BCUT2D eigenvalue weighted by molar-refractivity contribution is 7.91. The number of rotatable bonds is 6.